The standard InChI is InChI=1S/C16H27NO/c1-14(2)11-17-12-15(3)13-18-10-9-16-7-5-4-6-8-16/h4-8,14-15,17H,9-13H2,1-3H3. The molecule has 0 aromatic heterocycles. The normalized spacial score (nSPS) is 12.9. The van der Waals surface area contributed by atoms with Gasteiger partial charge in [0.05, 0.1) is 13.2 Å². The van der Waals surface area contributed by atoms with Crippen LogP contribution in [0, 0.1) is 11.8 Å². The molecule has 1 rings (SSSR count). The maximum atomic E-state index is 5.72. The van der Waals surface area contributed by atoms with Crippen LogP contribution in [0.4, 0.5) is 0 Å². The molecule has 0 aliphatic carbocycles. The number of rotatable bonds is 9. The van der Waals surface area contributed by atoms with Crippen molar-refractivity contribution in [1.82, 2.24) is 5.32 Å². The first-order valence-corrected chi connectivity index (χ1v) is 7.01. The minimum absolute atomic E-state index is 0.583. The van der Waals surface area contributed by atoms with Gasteiger partial charge in [-0.25, -0.2) is 0 Å². The summed E-state index contributed by atoms with van der Waals surface area (Å²) in [4.78, 5) is 0. The number of nitrogens with one attached hydrogen (secondary N) is 1. The Morgan fingerprint density at radius 2 is 1.78 bits per heavy atom. The molecule has 1 N–H and O–H groups in total. The fraction of sp³-hybridized carbons (Fsp3) is 0.625. The molecule has 1 unspecified atom stereocenters. The maximum absolute atomic E-state index is 5.72. The third-order valence-electron chi connectivity index (χ3n) is 2.83. The minimum atomic E-state index is 0.583. The highest BCUT2D eigenvalue weighted by Crippen LogP contribution is 2.01. The van der Waals surface area contributed by atoms with E-state index in [1.807, 2.05) is 6.07 Å². The molecule has 0 spiro atoms. The molecule has 102 valence electrons. The molecule has 2 heteroatoms. The van der Waals surface area contributed by atoms with E-state index in [4.69, 9.17) is 4.74 Å². The topological polar surface area (TPSA) is 21.3 Å². The third-order valence-corrected chi connectivity index (χ3v) is 2.83. The average Bonchev–Trinajstić information content (AvgIpc) is 2.35. The first kappa shape index (κ1) is 15.2. The summed E-state index contributed by atoms with van der Waals surface area (Å²) >= 11 is 0. The highest BCUT2D eigenvalue weighted by Gasteiger charge is 2.02. The largest absolute Gasteiger partial charge is 0.381 e. The van der Waals surface area contributed by atoms with Gasteiger partial charge in [0.25, 0.3) is 0 Å². The highest BCUT2D eigenvalue weighted by molar-refractivity contribution is 5.14. The monoisotopic (exact) mass is 249 g/mol. The predicted octanol–water partition coefficient (Wildman–Crippen LogP) is 3.13. The molecular formula is C16H27NO. The summed E-state index contributed by atoms with van der Waals surface area (Å²) in [7, 11) is 0. The zero-order valence-corrected chi connectivity index (χ0v) is 12.0. The van der Waals surface area contributed by atoms with E-state index < -0.39 is 0 Å². The van der Waals surface area contributed by atoms with Gasteiger partial charge in [-0.1, -0.05) is 51.1 Å². The Kier molecular flexibility index (Phi) is 7.70. The summed E-state index contributed by atoms with van der Waals surface area (Å²) < 4.78 is 5.72. The van der Waals surface area contributed by atoms with Gasteiger partial charge in [-0.05, 0) is 36.9 Å². The Morgan fingerprint density at radius 3 is 2.44 bits per heavy atom. The maximum Gasteiger partial charge on any atom is 0.0506 e. The fourth-order valence-corrected chi connectivity index (χ4v) is 1.80. The highest BCUT2D eigenvalue weighted by atomic mass is 16.5. The molecule has 0 amide bonds. The van der Waals surface area contributed by atoms with E-state index in [2.05, 4.69) is 50.4 Å². The summed E-state index contributed by atoms with van der Waals surface area (Å²) in [5, 5.41) is 3.46. The van der Waals surface area contributed by atoms with Crippen molar-refractivity contribution in [3.8, 4) is 0 Å². The fourth-order valence-electron chi connectivity index (χ4n) is 1.80. The Hall–Kier alpha value is -0.860. The Bertz CT molecular complexity index is 297. The van der Waals surface area contributed by atoms with E-state index in [1.54, 1.807) is 0 Å². The molecule has 18 heavy (non-hydrogen) atoms. The van der Waals surface area contributed by atoms with Crippen LogP contribution >= 0.6 is 0 Å². The van der Waals surface area contributed by atoms with Crippen LogP contribution < -0.4 is 5.32 Å². The molecule has 0 fully saturated rings. The van der Waals surface area contributed by atoms with Crippen molar-refractivity contribution in [3.05, 3.63) is 35.9 Å². The first-order chi connectivity index (χ1) is 8.68. The lowest BCUT2D eigenvalue weighted by Crippen LogP contribution is -2.27. The van der Waals surface area contributed by atoms with E-state index in [-0.39, 0.29) is 0 Å². The zero-order valence-electron chi connectivity index (χ0n) is 12.0. The van der Waals surface area contributed by atoms with Crippen LogP contribution in [-0.4, -0.2) is 26.3 Å². The van der Waals surface area contributed by atoms with E-state index in [1.165, 1.54) is 5.56 Å². The summed E-state index contributed by atoms with van der Waals surface area (Å²) in [6.07, 6.45) is 1.01. The second-order valence-corrected chi connectivity index (χ2v) is 5.47. The van der Waals surface area contributed by atoms with Gasteiger partial charge in [0.2, 0.25) is 0 Å². The van der Waals surface area contributed by atoms with Crippen molar-refractivity contribution < 1.29 is 4.74 Å². The minimum Gasteiger partial charge on any atom is -0.381 e. The Balaban J connectivity index is 2.00. The van der Waals surface area contributed by atoms with E-state index in [0.717, 1.165) is 38.6 Å². The second-order valence-electron chi connectivity index (χ2n) is 5.47. The summed E-state index contributed by atoms with van der Waals surface area (Å²) in [5.74, 6) is 1.30. The molecule has 0 bridgehead atoms. The van der Waals surface area contributed by atoms with Crippen LogP contribution in [-0.2, 0) is 11.2 Å². The molecule has 0 aliphatic rings. The second kappa shape index (κ2) is 9.12. The van der Waals surface area contributed by atoms with Crippen molar-refractivity contribution in [2.24, 2.45) is 11.8 Å². The van der Waals surface area contributed by atoms with Crippen molar-refractivity contribution >= 4 is 0 Å². The molecule has 0 radical (unpaired) electrons. The van der Waals surface area contributed by atoms with Gasteiger partial charge in [0.1, 0.15) is 0 Å². The Morgan fingerprint density at radius 1 is 1.06 bits per heavy atom. The lowest BCUT2D eigenvalue weighted by atomic mass is 10.1. The molecule has 0 saturated carbocycles. The van der Waals surface area contributed by atoms with Crippen molar-refractivity contribution in [1.29, 1.82) is 0 Å². The van der Waals surface area contributed by atoms with Gasteiger partial charge < -0.3 is 10.1 Å². The van der Waals surface area contributed by atoms with Gasteiger partial charge in [-0.15, -0.1) is 0 Å². The zero-order chi connectivity index (χ0) is 13.2. The lowest BCUT2D eigenvalue weighted by Gasteiger charge is -2.14. The van der Waals surface area contributed by atoms with Crippen LogP contribution in [0.5, 0.6) is 0 Å². The Labute approximate surface area is 112 Å². The molecule has 1 aromatic rings. The lowest BCUT2D eigenvalue weighted by molar-refractivity contribution is 0.107. The summed E-state index contributed by atoms with van der Waals surface area (Å²) in [5.41, 5.74) is 1.35. The average molecular weight is 249 g/mol. The van der Waals surface area contributed by atoms with Crippen molar-refractivity contribution in [3.63, 3.8) is 0 Å². The van der Waals surface area contributed by atoms with Crippen LogP contribution in [0.3, 0.4) is 0 Å². The number of benzene rings is 1. The van der Waals surface area contributed by atoms with Crippen LogP contribution in [0.25, 0.3) is 0 Å². The van der Waals surface area contributed by atoms with Gasteiger partial charge in [-0.2, -0.15) is 0 Å². The van der Waals surface area contributed by atoms with E-state index in [0.29, 0.717) is 5.92 Å². The van der Waals surface area contributed by atoms with Gasteiger partial charge in [0.15, 0.2) is 0 Å². The predicted molar refractivity (Wildman–Crippen MR) is 77.8 cm³/mol. The van der Waals surface area contributed by atoms with Gasteiger partial charge in [0, 0.05) is 0 Å². The van der Waals surface area contributed by atoms with E-state index >= 15 is 0 Å². The van der Waals surface area contributed by atoms with Gasteiger partial charge >= 0.3 is 0 Å². The molecule has 0 saturated heterocycles. The number of hydrogen-bond donors (Lipinski definition) is 1. The van der Waals surface area contributed by atoms with Crippen molar-refractivity contribution in [2.45, 2.75) is 27.2 Å². The summed E-state index contributed by atoms with van der Waals surface area (Å²) in [6, 6.07) is 10.5. The molecule has 0 heterocycles. The quantitative estimate of drug-likeness (QED) is 0.679. The molecule has 1 atom stereocenters. The van der Waals surface area contributed by atoms with Crippen LogP contribution in [0.2, 0.25) is 0 Å². The van der Waals surface area contributed by atoms with Crippen LogP contribution in [0.1, 0.15) is 26.3 Å². The molecule has 0 aliphatic heterocycles. The summed E-state index contributed by atoms with van der Waals surface area (Å²) in [6.45, 7) is 10.5. The molecular weight excluding hydrogens is 222 g/mol. The van der Waals surface area contributed by atoms with Gasteiger partial charge in [-0.3, -0.25) is 0 Å². The van der Waals surface area contributed by atoms with E-state index in [9.17, 15) is 0 Å². The van der Waals surface area contributed by atoms with Crippen LogP contribution in [0.15, 0.2) is 30.3 Å². The van der Waals surface area contributed by atoms with Crippen molar-refractivity contribution in [2.75, 3.05) is 26.3 Å². The smallest absolute Gasteiger partial charge is 0.0506 e. The molecule has 1 aromatic carbocycles. The SMILES string of the molecule is CC(C)CNCC(C)COCCc1ccccc1. The number of ether oxygens (including phenoxy) is 1. The number of hydrogen-bond acceptors (Lipinski definition) is 2. The molecule has 2 nitrogen and oxygen atoms in total. The first-order valence-electron chi connectivity index (χ1n) is 7.01. The third kappa shape index (κ3) is 7.46.